The summed E-state index contributed by atoms with van der Waals surface area (Å²) in [6.45, 7) is 4.12. The van der Waals surface area contributed by atoms with E-state index in [4.69, 9.17) is 21.2 Å². The largest absolute Gasteiger partial charge is 0.464 e. The average molecular weight is 272 g/mol. The molecule has 0 N–H and O–H groups in total. The Bertz CT molecular complexity index is 436. The van der Waals surface area contributed by atoms with Crippen molar-refractivity contribution in [3.63, 3.8) is 0 Å². The molecule has 0 aliphatic heterocycles. The van der Waals surface area contributed by atoms with Gasteiger partial charge in [0.1, 0.15) is 7.11 Å². The van der Waals surface area contributed by atoms with Gasteiger partial charge >= 0.3 is 5.97 Å². The van der Waals surface area contributed by atoms with Crippen LogP contribution in [0.2, 0.25) is 0 Å². The maximum atomic E-state index is 11.7. The van der Waals surface area contributed by atoms with Gasteiger partial charge in [0, 0.05) is 5.88 Å². The molecule has 0 atom stereocenters. The smallest absolute Gasteiger partial charge is 0.360 e. The first-order chi connectivity index (χ1) is 8.54. The van der Waals surface area contributed by atoms with Crippen LogP contribution in [0.5, 0.6) is 0 Å². The normalized spacial score (nSPS) is 17.1. The summed E-state index contributed by atoms with van der Waals surface area (Å²) in [6, 6.07) is 0. The van der Waals surface area contributed by atoms with E-state index in [9.17, 15) is 4.79 Å². The van der Waals surface area contributed by atoms with Crippen LogP contribution in [0.1, 0.15) is 26.7 Å². The lowest BCUT2D eigenvalue weighted by Gasteiger charge is -2.21. The number of hydrogen-bond donors (Lipinski definition) is 0. The molecule has 0 radical (unpaired) electrons. The van der Waals surface area contributed by atoms with Crippen molar-refractivity contribution in [2.75, 3.05) is 20.1 Å². The standard InChI is InChI=1S/C13H18ClNO3/c1-8-5-10(7-14)11(6-9(8)2)12(15-18-4)13(16)17-3/h5-7H2,1-4H3/b15-12+. The molecule has 5 heteroatoms. The van der Waals surface area contributed by atoms with Gasteiger partial charge in [-0.3, -0.25) is 0 Å². The lowest BCUT2D eigenvalue weighted by molar-refractivity contribution is -0.132. The highest BCUT2D eigenvalue weighted by molar-refractivity contribution is 6.43. The van der Waals surface area contributed by atoms with E-state index >= 15 is 0 Å². The number of allylic oxidation sites excluding steroid dienone is 3. The monoisotopic (exact) mass is 271 g/mol. The first-order valence-corrected chi connectivity index (χ1v) is 6.20. The number of ether oxygens (including phenoxy) is 1. The SMILES string of the molecule is CO/N=C(/C(=O)OC)C1=C(CCl)CC(C)=C(C)C1. The summed E-state index contributed by atoms with van der Waals surface area (Å²) in [5, 5.41) is 3.78. The van der Waals surface area contributed by atoms with Crippen LogP contribution in [0.25, 0.3) is 0 Å². The Balaban J connectivity index is 3.18. The Morgan fingerprint density at radius 2 is 1.89 bits per heavy atom. The van der Waals surface area contributed by atoms with Crippen LogP contribution in [0, 0.1) is 0 Å². The van der Waals surface area contributed by atoms with Gasteiger partial charge in [-0.2, -0.15) is 0 Å². The van der Waals surface area contributed by atoms with Gasteiger partial charge < -0.3 is 9.57 Å². The van der Waals surface area contributed by atoms with Crippen molar-refractivity contribution in [3.8, 4) is 0 Å². The minimum atomic E-state index is -0.498. The minimum absolute atomic E-state index is 0.211. The van der Waals surface area contributed by atoms with Crippen molar-refractivity contribution in [1.29, 1.82) is 0 Å². The van der Waals surface area contributed by atoms with Gasteiger partial charge in [-0.1, -0.05) is 16.3 Å². The number of hydrogen-bond acceptors (Lipinski definition) is 4. The average Bonchev–Trinajstić information content (AvgIpc) is 2.38. The van der Waals surface area contributed by atoms with Gasteiger partial charge in [0.15, 0.2) is 5.71 Å². The van der Waals surface area contributed by atoms with E-state index in [0.717, 1.165) is 17.6 Å². The van der Waals surface area contributed by atoms with Crippen LogP contribution in [0.3, 0.4) is 0 Å². The molecule has 0 saturated heterocycles. The zero-order valence-electron chi connectivity index (χ0n) is 11.2. The second kappa shape index (κ2) is 6.59. The topological polar surface area (TPSA) is 47.9 Å². The van der Waals surface area contributed by atoms with Crippen LogP contribution in [-0.2, 0) is 14.4 Å². The van der Waals surface area contributed by atoms with E-state index < -0.39 is 5.97 Å². The van der Waals surface area contributed by atoms with Crippen LogP contribution in [-0.4, -0.2) is 31.8 Å². The van der Waals surface area contributed by atoms with Crippen LogP contribution < -0.4 is 0 Å². The first kappa shape index (κ1) is 14.8. The quantitative estimate of drug-likeness (QED) is 0.260. The molecule has 0 heterocycles. The Morgan fingerprint density at radius 3 is 2.39 bits per heavy atom. The molecule has 1 rings (SSSR count). The van der Waals surface area contributed by atoms with E-state index in [2.05, 4.69) is 12.1 Å². The van der Waals surface area contributed by atoms with Crippen molar-refractivity contribution in [1.82, 2.24) is 0 Å². The fraction of sp³-hybridized carbons (Fsp3) is 0.538. The second-order valence-electron chi connectivity index (χ2n) is 4.24. The highest BCUT2D eigenvalue weighted by atomic mass is 35.5. The number of nitrogens with zero attached hydrogens (tertiary/aromatic N) is 1. The lowest BCUT2D eigenvalue weighted by Crippen LogP contribution is -2.22. The summed E-state index contributed by atoms with van der Waals surface area (Å²) >= 11 is 5.95. The Morgan fingerprint density at radius 1 is 1.28 bits per heavy atom. The molecule has 0 aromatic carbocycles. The van der Waals surface area contributed by atoms with E-state index in [-0.39, 0.29) is 5.71 Å². The third-order valence-electron chi connectivity index (χ3n) is 3.08. The van der Waals surface area contributed by atoms with Gasteiger partial charge in [-0.25, -0.2) is 4.79 Å². The summed E-state index contributed by atoms with van der Waals surface area (Å²) in [7, 11) is 2.73. The lowest BCUT2D eigenvalue weighted by atomic mass is 9.86. The zero-order valence-corrected chi connectivity index (χ0v) is 11.9. The number of carbonyl (C=O) groups is 1. The number of halogens is 1. The van der Waals surface area contributed by atoms with Gasteiger partial charge in [-0.15, -0.1) is 11.6 Å². The molecule has 18 heavy (non-hydrogen) atoms. The highest BCUT2D eigenvalue weighted by Crippen LogP contribution is 2.31. The number of alkyl halides is 1. The third kappa shape index (κ3) is 3.13. The first-order valence-electron chi connectivity index (χ1n) is 5.67. The predicted molar refractivity (Wildman–Crippen MR) is 71.8 cm³/mol. The van der Waals surface area contributed by atoms with Crippen molar-refractivity contribution < 1.29 is 14.4 Å². The second-order valence-corrected chi connectivity index (χ2v) is 4.51. The zero-order chi connectivity index (χ0) is 13.7. The van der Waals surface area contributed by atoms with Crippen LogP contribution in [0.15, 0.2) is 27.4 Å². The third-order valence-corrected chi connectivity index (χ3v) is 3.41. The Kier molecular flexibility index (Phi) is 5.41. The molecule has 0 unspecified atom stereocenters. The maximum absolute atomic E-state index is 11.7. The van der Waals surface area contributed by atoms with Crippen LogP contribution in [0.4, 0.5) is 0 Å². The number of esters is 1. The highest BCUT2D eigenvalue weighted by Gasteiger charge is 2.25. The number of methoxy groups -OCH3 is 1. The molecule has 1 aliphatic carbocycles. The number of rotatable bonds is 4. The molecule has 100 valence electrons. The minimum Gasteiger partial charge on any atom is -0.464 e. The Labute approximate surface area is 112 Å². The van der Waals surface area contributed by atoms with E-state index in [0.29, 0.717) is 12.3 Å². The molecule has 0 saturated carbocycles. The van der Waals surface area contributed by atoms with Crippen molar-refractivity contribution in [3.05, 3.63) is 22.3 Å². The number of oxime groups is 1. The molecule has 0 aromatic heterocycles. The molecule has 0 aromatic rings. The van der Waals surface area contributed by atoms with E-state index in [1.54, 1.807) is 0 Å². The molecule has 0 spiro atoms. The van der Waals surface area contributed by atoms with Crippen LogP contribution >= 0.6 is 11.6 Å². The van der Waals surface area contributed by atoms with Gasteiger partial charge in [-0.05, 0) is 37.8 Å². The summed E-state index contributed by atoms with van der Waals surface area (Å²) in [4.78, 5) is 16.5. The fourth-order valence-corrected chi connectivity index (χ4v) is 2.16. The summed E-state index contributed by atoms with van der Waals surface area (Å²) in [5.41, 5.74) is 4.55. The van der Waals surface area contributed by atoms with Crippen molar-refractivity contribution >= 4 is 23.3 Å². The molecule has 0 amide bonds. The van der Waals surface area contributed by atoms with E-state index in [1.807, 2.05) is 6.92 Å². The van der Waals surface area contributed by atoms with Gasteiger partial charge in [0.05, 0.1) is 7.11 Å². The van der Waals surface area contributed by atoms with Gasteiger partial charge in [0.2, 0.25) is 0 Å². The predicted octanol–water partition coefficient (Wildman–Crippen LogP) is 2.83. The maximum Gasteiger partial charge on any atom is 0.360 e. The summed E-state index contributed by atoms with van der Waals surface area (Å²) in [6.07, 6.45) is 1.43. The Hall–Kier alpha value is -1.29. The summed E-state index contributed by atoms with van der Waals surface area (Å²) < 4.78 is 4.73. The molecule has 1 aliphatic rings. The fourth-order valence-electron chi connectivity index (χ4n) is 1.90. The van der Waals surface area contributed by atoms with E-state index in [1.165, 1.54) is 25.4 Å². The summed E-state index contributed by atoms with van der Waals surface area (Å²) in [5.74, 6) is -0.124. The molecular formula is C13H18ClNO3. The molecule has 0 fully saturated rings. The van der Waals surface area contributed by atoms with Gasteiger partial charge in [0.25, 0.3) is 0 Å². The van der Waals surface area contributed by atoms with Crippen molar-refractivity contribution in [2.24, 2.45) is 5.16 Å². The molecule has 4 nitrogen and oxygen atoms in total. The number of carbonyl (C=O) groups excluding carboxylic acids is 1. The molecular weight excluding hydrogens is 254 g/mol. The van der Waals surface area contributed by atoms with Crippen molar-refractivity contribution in [2.45, 2.75) is 26.7 Å². The molecule has 0 bridgehead atoms.